The monoisotopic (exact) mass is 285 g/mol. The molecule has 0 aliphatic carbocycles. The van der Waals surface area contributed by atoms with Crippen LogP contribution in [0.5, 0.6) is 0 Å². The van der Waals surface area contributed by atoms with Crippen molar-refractivity contribution in [2.75, 3.05) is 6.26 Å². The maximum atomic E-state index is 11.4. The van der Waals surface area contributed by atoms with Gasteiger partial charge in [-0.15, -0.1) is 0 Å². The molecule has 0 N–H and O–H groups in total. The van der Waals surface area contributed by atoms with Gasteiger partial charge in [0.05, 0.1) is 10.4 Å². The average molecular weight is 286 g/mol. The summed E-state index contributed by atoms with van der Waals surface area (Å²) in [6.45, 7) is 0. The second-order valence-corrected chi connectivity index (χ2v) is 6.11. The van der Waals surface area contributed by atoms with Gasteiger partial charge in [-0.05, 0) is 24.3 Å². The number of hydrogen-bond acceptors (Lipinski definition) is 3. The van der Waals surface area contributed by atoms with Crippen molar-refractivity contribution in [3.8, 4) is 0 Å². The lowest BCUT2D eigenvalue weighted by molar-refractivity contribution is 0.602. The highest BCUT2D eigenvalue weighted by Gasteiger charge is 2.08. The van der Waals surface area contributed by atoms with Crippen molar-refractivity contribution in [1.82, 2.24) is 4.98 Å². The standard InChI is InChI=1S/C10H8BrNO2S/c1-15(13,14)7-2-3-10-8(6-7)9(11)4-5-12-10/h2-6H,1H3. The fourth-order valence-corrected chi connectivity index (χ4v) is 2.41. The van der Waals surface area contributed by atoms with Crippen molar-refractivity contribution >= 4 is 36.7 Å². The smallest absolute Gasteiger partial charge is 0.175 e. The number of sulfone groups is 1. The number of halogens is 1. The second kappa shape index (κ2) is 3.57. The van der Waals surface area contributed by atoms with Gasteiger partial charge in [0.2, 0.25) is 0 Å². The number of rotatable bonds is 1. The van der Waals surface area contributed by atoms with Crippen molar-refractivity contribution in [3.05, 3.63) is 34.9 Å². The molecule has 1 heterocycles. The van der Waals surface area contributed by atoms with Gasteiger partial charge in [-0.25, -0.2) is 8.42 Å². The summed E-state index contributed by atoms with van der Waals surface area (Å²) >= 11 is 3.36. The predicted octanol–water partition coefficient (Wildman–Crippen LogP) is 2.40. The van der Waals surface area contributed by atoms with Gasteiger partial charge in [0, 0.05) is 22.3 Å². The van der Waals surface area contributed by atoms with E-state index in [9.17, 15) is 8.42 Å². The number of aromatic nitrogens is 1. The van der Waals surface area contributed by atoms with Crippen molar-refractivity contribution in [2.45, 2.75) is 4.90 Å². The minimum atomic E-state index is -3.16. The third kappa shape index (κ3) is 2.03. The molecule has 3 nitrogen and oxygen atoms in total. The van der Waals surface area contributed by atoms with E-state index in [2.05, 4.69) is 20.9 Å². The minimum absolute atomic E-state index is 0.309. The van der Waals surface area contributed by atoms with Crippen molar-refractivity contribution < 1.29 is 8.42 Å². The summed E-state index contributed by atoms with van der Waals surface area (Å²) in [7, 11) is -3.16. The summed E-state index contributed by atoms with van der Waals surface area (Å²) in [5, 5.41) is 0.806. The fourth-order valence-electron chi connectivity index (χ4n) is 1.32. The summed E-state index contributed by atoms with van der Waals surface area (Å²) < 4.78 is 23.5. The number of pyridine rings is 1. The van der Waals surface area contributed by atoms with Crippen LogP contribution in [0.2, 0.25) is 0 Å². The summed E-state index contributed by atoms with van der Waals surface area (Å²) in [6.07, 6.45) is 2.87. The van der Waals surface area contributed by atoms with E-state index in [0.29, 0.717) is 4.90 Å². The number of hydrogen-bond donors (Lipinski definition) is 0. The third-order valence-electron chi connectivity index (χ3n) is 2.09. The topological polar surface area (TPSA) is 47.0 Å². The molecule has 0 saturated heterocycles. The van der Waals surface area contributed by atoms with Crippen LogP contribution in [0.25, 0.3) is 10.9 Å². The normalized spacial score (nSPS) is 11.9. The molecule has 15 heavy (non-hydrogen) atoms. The van der Waals surface area contributed by atoms with E-state index in [1.807, 2.05) is 0 Å². The van der Waals surface area contributed by atoms with Gasteiger partial charge >= 0.3 is 0 Å². The molecule has 0 unspecified atom stereocenters. The molecule has 1 aromatic heterocycles. The van der Waals surface area contributed by atoms with Gasteiger partial charge in [0.15, 0.2) is 9.84 Å². The Balaban J connectivity index is 2.81. The molecule has 0 spiro atoms. The van der Waals surface area contributed by atoms with E-state index in [1.54, 1.807) is 30.5 Å². The molecule has 0 saturated carbocycles. The lowest BCUT2D eigenvalue weighted by Crippen LogP contribution is -1.96. The quantitative estimate of drug-likeness (QED) is 0.808. The van der Waals surface area contributed by atoms with E-state index >= 15 is 0 Å². The Labute approximate surface area is 96.2 Å². The maximum Gasteiger partial charge on any atom is 0.175 e. The number of fused-ring (bicyclic) bond motifs is 1. The summed E-state index contributed by atoms with van der Waals surface area (Å²) in [4.78, 5) is 4.45. The maximum absolute atomic E-state index is 11.4. The van der Waals surface area contributed by atoms with Gasteiger partial charge in [0.25, 0.3) is 0 Å². The third-order valence-corrected chi connectivity index (χ3v) is 3.89. The Morgan fingerprint density at radius 1 is 1.27 bits per heavy atom. The van der Waals surface area contributed by atoms with E-state index in [4.69, 9.17) is 0 Å². The fraction of sp³-hybridized carbons (Fsp3) is 0.100. The molecule has 2 aromatic rings. The van der Waals surface area contributed by atoms with Crippen LogP contribution in [-0.4, -0.2) is 19.7 Å². The van der Waals surface area contributed by atoms with Crippen LogP contribution >= 0.6 is 15.9 Å². The molecule has 0 atom stereocenters. The molecule has 0 aliphatic rings. The summed E-state index contributed by atoms with van der Waals surface area (Å²) in [5.41, 5.74) is 0.775. The molecule has 0 amide bonds. The van der Waals surface area contributed by atoms with Crippen LogP contribution in [0.3, 0.4) is 0 Å². The van der Waals surface area contributed by atoms with Crippen molar-refractivity contribution in [1.29, 1.82) is 0 Å². The summed E-state index contributed by atoms with van der Waals surface area (Å²) in [5.74, 6) is 0. The van der Waals surface area contributed by atoms with E-state index < -0.39 is 9.84 Å². The second-order valence-electron chi connectivity index (χ2n) is 3.24. The Hall–Kier alpha value is -0.940. The van der Waals surface area contributed by atoms with Gasteiger partial charge in [0.1, 0.15) is 0 Å². The highest BCUT2D eigenvalue weighted by molar-refractivity contribution is 9.10. The highest BCUT2D eigenvalue weighted by atomic mass is 79.9. The van der Waals surface area contributed by atoms with Crippen molar-refractivity contribution in [3.63, 3.8) is 0 Å². The van der Waals surface area contributed by atoms with Gasteiger partial charge in [-0.1, -0.05) is 15.9 Å². The van der Waals surface area contributed by atoms with E-state index in [1.165, 1.54) is 6.26 Å². The lowest BCUT2D eigenvalue weighted by atomic mass is 10.2. The molecule has 5 heteroatoms. The number of benzene rings is 1. The Morgan fingerprint density at radius 3 is 2.67 bits per heavy atom. The molecule has 0 aliphatic heterocycles. The Morgan fingerprint density at radius 2 is 2.00 bits per heavy atom. The molecule has 0 fully saturated rings. The zero-order valence-electron chi connectivity index (χ0n) is 7.94. The van der Waals surface area contributed by atoms with E-state index in [-0.39, 0.29) is 0 Å². The predicted molar refractivity (Wildman–Crippen MR) is 62.6 cm³/mol. The molecule has 0 radical (unpaired) electrons. The zero-order chi connectivity index (χ0) is 11.1. The van der Waals surface area contributed by atoms with Gasteiger partial charge < -0.3 is 0 Å². The van der Waals surface area contributed by atoms with Gasteiger partial charge in [-0.3, -0.25) is 4.98 Å². The Bertz CT molecular complexity index is 622. The molecule has 78 valence electrons. The highest BCUT2D eigenvalue weighted by Crippen LogP contribution is 2.24. The largest absolute Gasteiger partial charge is 0.256 e. The zero-order valence-corrected chi connectivity index (χ0v) is 10.3. The van der Waals surface area contributed by atoms with Crippen LogP contribution in [0, 0.1) is 0 Å². The van der Waals surface area contributed by atoms with Crippen LogP contribution < -0.4 is 0 Å². The van der Waals surface area contributed by atoms with Gasteiger partial charge in [-0.2, -0.15) is 0 Å². The lowest BCUT2D eigenvalue weighted by Gasteiger charge is -2.02. The summed E-state index contributed by atoms with van der Waals surface area (Å²) in [6, 6.07) is 6.68. The molecular formula is C10H8BrNO2S. The van der Waals surface area contributed by atoms with Crippen molar-refractivity contribution in [2.24, 2.45) is 0 Å². The van der Waals surface area contributed by atoms with Crippen LogP contribution in [0.1, 0.15) is 0 Å². The first-order valence-electron chi connectivity index (χ1n) is 4.23. The molecule has 0 bridgehead atoms. The van der Waals surface area contributed by atoms with Crippen LogP contribution in [0.4, 0.5) is 0 Å². The average Bonchev–Trinajstić information content (AvgIpc) is 2.16. The number of nitrogens with zero attached hydrogens (tertiary/aromatic N) is 1. The molecular weight excluding hydrogens is 278 g/mol. The first kappa shape index (κ1) is 10.6. The van der Waals surface area contributed by atoms with Crippen LogP contribution in [0.15, 0.2) is 39.8 Å². The first-order valence-corrected chi connectivity index (χ1v) is 6.91. The minimum Gasteiger partial charge on any atom is -0.256 e. The van der Waals surface area contributed by atoms with E-state index in [0.717, 1.165) is 15.4 Å². The molecule has 2 rings (SSSR count). The first-order chi connectivity index (χ1) is 6.98. The molecule has 1 aromatic carbocycles. The Kier molecular flexibility index (Phi) is 2.52. The van der Waals surface area contributed by atoms with Crippen LogP contribution in [-0.2, 0) is 9.84 Å². The SMILES string of the molecule is CS(=O)(=O)c1ccc2nccc(Br)c2c1.